The van der Waals surface area contributed by atoms with Crippen molar-refractivity contribution in [2.75, 3.05) is 6.61 Å². The fourth-order valence-electron chi connectivity index (χ4n) is 4.62. The van der Waals surface area contributed by atoms with Crippen LogP contribution in [-0.2, 0) is 11.2 Å². The standard InChI is InChI=1S/C24H34O5/c1-5-6-7-8-16-12-20(28-23(27)19(26)14-25)22-17-11-15(2)9-10-18(17)24(3,4)29-21(22)13-16/h11-13,17-19,25-26H,5-10,14H2,1-4H3/t17-,18-,19-/m1/s1. The SMILES string of the molecule is CCCCCc1cc(OC(=O)[C@H](O)CO)c2c(c1)OC(C)(C)[C@@H]1CCC(C)=C[C@@H]21. The van der Waals surface area contributed by atoms with E-state index in [0.717, 1.165) is 55.4 Å². The third-order valence-corrected chi connectivity index (χ3v) is 6.24. The van der Waals surface area contributed by atoms with Crippen LogP contribution in [-0.4, -0.2) is 34.5 Å². The van der Waals surface area contributed by atoms with Gasteiger partial charge in [-0.05, 0) is 64.2 Å². The lowest BCUT2D eigenvalue weighted by Crippen LogP contribution is -2.45. The molecule has 1 aromatic carbocycles. The summed E-state index contributed by atoms with van der Waals surface area (Å²) in [6.07, 6.45) is 6.97. The van der Waals surface area contributed by atoms with E-state index in [-0.39, 0.29) is 17.4 Å². The van der Waals surface area contributed by atoms with E-state index in [0.29, 0.717) is 5.75 Å². The molecule has 0 unspecified atom stereocenters. The van der Waals surface area contributed by atoms with Crippen LogP contribution < -0.4 is 9.47 Å². The molecule has 1 aliphatic heterocycles. The Kier molecular flexibility index (Phi) is 6.69. The Morgan fingerprint density at radius 3 is 2.79 bits per heavy atom. The van der Waals surface area contributed by atoms with Crippen molar-refractivity contribution in [3.63, 3.8) is 0 Å². The van der Waals surface area contributed by atoms with Crippen molar-refractivity contribution in [2.45, 2.75) is 83.8 Å². The largest absolute Gasteiger partial charge is 0.487 e. The smallest absolute Gasteiger partial charge is 0.342 e. The number of unbranched alkanes of at least 4 members (excludes halogenated alkanes) is 2. The first-order valence-corrected chi connectivity index (χ1v) is 10.8. The fraction of sp³-hybridized carbons (Fsp3) is 0.625. The minimum Gasteiger partial charge on any atom is -0.487 e. The van der Waals surface area contributed by atoms with E-state index in [2.05, 4.69) is 39.8 Å². The Morgan fingerprint density at radius 2 is 2.10 bits per heavy atom. The van der Waals surface area contributed by atoms with Crippen molar-refractivity contribution >= 4 is 5.97 Å². The van der Waals surface area contributed by atoms with Gasteiger partial charge in [0.05, 0.1) is 6.61 Å². The Balaban J connectivity index is 2.06. The number of aryl methyl sites for hydroxylation is 1. The number of rotatable bonds is 7. The first-order valence-electron chi connectivity index (χ1n) is 10.8. The van der Waals surface area contributed by atoms with Crippen molar-refractivity contribution in [3.05, 3.63) is 34.9 Å². The molecule has 1 heterocycles. The summed E-state index contributed by atoms with van der Waals surface area (Å²) in [5.74, 6) is 0.754. The third kappa shape index (κ3) is 4.67. The molecular weight excluding hydrogens is 368 g/mol. The molecule has 0 spiro atoms. The molecule has 5 nitrogen and oxygen atoms in total. The molecule has 1 aromatic rings. The van der Waals surface area contributed by atoms with Gasteiger partial charge in [0.2, 0.25) is 0 Å². The highest BCUT2D eigenvalue weighted by Gasteiger charge is 2.45. The summed E-state index contributed by atoms with van der Waals surface area (Å²) < 4.78 is 12.1. The van der Waals surface area contributed by atoms with Crippen LogP contribution in [0.15, 0.2) is 23.8 Å². The number of aliphatic hydroxyl groups is 2. The number of esters is 1. The molecule has 0 saturated carbocycles. The van der Waals surface area contributed by atoms with Crippen LogP contribution in [0, 0.1) is 5.92 Å². The second-order valence-electron chi connectivity index (χ2n) is 8.97. The maximum atomic E-state index is 12.3. The molecule has 0 aromatic heterocycles. The minimum atomic E-state index is -1.55. The topological polar surface area (TPSA) is 76.0 Å². The number of carbonyl (C=O) groups is 1. The van der Waals surface area contributed by atoms with Crippen molar-refractivity contribution < 1.29 is 24.5 Å². The highest BCUT2D eigenvalue weighted by atomic mass is 16.6. The van der Waals surface area contributed by atoms with Gasteiger partial charge in [-0.25, -0.2) is 4.79 Å². The summed E-state index contributed by atoms with van der Waals surface area (Å²) in [6, 6.07) is 3.99. The number of aliphatic hydroxyl groups excluding tert-OH is 2. The van der Waals surface area contributed by atoms with Crippen LogP contribution in [0.2, 0.25) is 0 Å². The number of hydrogen-bond acceptors (Lipinski definition) is 5. The zero-order valence-corrected chi connectivity index (χ0v) is 18.0. The maximum Gasteiger partial charge on any atom is 0.342 e. The van der Waals surface area contributed by atoms with Gasteiger partial charge in [0.25, 0.3) is 0 Å². The molecule has 3 atom stereocenters. The highest BCUT2D eigenvalue weighted by molar-refractivity contribution is 5.78. The molecule has 0 amide bonds. The zero-order chi connectivity index (χ0) is 21.2. The summed E-state index contributed by atoms with van der Waals surface area (Å²) in [4.78, 5) is 12.3. The fourth-order valence-corrected chi connectivity index (χ4v) is 4.62. The molecular formula is C24H34O5. The number of ether oxygens (including phenoxy) is 2. The van der Waals surface area contributed by atoms with Gasteiger partial charge in [-0.2, -0.15) is 0 Å². The van der Waals surface area contributed by atoms with Gasteiger partial charge < -0.3 is 19.7 Å². The Bertz CT molecular complexity index is 780. The molecule has 3 rings (SSSR count). The van der Waals surface area contributed by atoms with E-state index < -0.39 is 18.7 Å². The number of allylic oxidation sites excluding steroid dienone is 2. The number of carbonyl (C=O) groups excluding carboxylic acids is 1. The van der Waals surface area contributed by atoms with E-state index in [1.54, 1.807) is 0 Å². The molecule has 0 bridgehead atoms. The molecule has 29 heavy (non-hydrogen) atoms. The molecule has 0 radical (unpaired) electrons. The normalized spacial score (nSPS) is 23.3. The Hall–Kier alpha value is -1.85. The lowest BCUT2D eigenvalue weighted by molar-refractivity contribution is -0.145. The van der Waals surface area contributed by atoms with Gasteiger partial charge >= 0.3 is 5.97 Å². The third-order valence-electron chi connectivity index (χ3n) is 6.24. The van der Waals surface area contributed by atoms with Gasteiger partial charge in [0.1, 0.15) is 17.1 Å². The molecule has 0 fully saturated rings. The average Bonchev–Trinajstić information content (AvgIpc) is 2.66. The summed E-state index contributed by atoms with van der Waals surface area (Å²) in [5.41, 5.74) is 2.95. The van der Waals surface area contributed by atoms with Gasteiger partial charge in [-0.15, -0.1) is 0 Å². The lowest BCUT2D eigenvalue weighted by atomic mass is 9.68. The lowest BCUT2D eigenvalue weighted by Gasteiger charge is -2.46. The Morgan fingerprint density at radius 1 is 1.34 bits per heavy atom. The maximum absolute atomic E-state index is 12.3. The summed E-state index contributed by atoms with van der Waals surface area (Å²) in [6.45, 7) is 7.91. The van der Waals surface area contributed by atoms with Crippen molar-refractivity contribution in [1.82, 2.24) is 0 Å². The Labute approximate surface area is 173 Å². The number of fused-ring (bicyclic) bond motifs is 3. The van der Waals surface area contributed by atoms with Crippen LogP contribution >= 0.6 is 0 Å². The van der Waals surface area contributed by atoms with Crippen LogP contribution in [0.5, 0.6) is 11.5 Å². The molecule has 1 aliphatic carbocycles. The molecule has 2 N–H and O–H groups in total. The highest BCUT2D eigenvalue weighted by Crippen LogP contribution is 2.53. The number of hydrogen-bond donors (Lipinski definition) is 2. The van der Waals surface area contributed by atoms with Crippen LogP contribution in [0.1, 0.15) is 76.8 Å². The van der Waals surface area contributed by atoms with Gasteiger partial charge in [-0.1, -0.05) is 31.4 Å². The van der Waals surface area contributed by atoms with Crippen LogP contribution in [0.25, 0.3) is 0 Å². The second-order valence-corrected chi connectivity index (χ2v) is 8.97. The summed E-state index contributed by atoms with van der Waals surface area (Å²) in [7, 11) is 0. The zero-order valence-electron chi connectivity index (χ0n) is 18.0. The van der Waals surface area contributed by atoms with Gasteiger partial charge in [0.15, 0.2) is 6.10 Å². The number of benzene rings is 1. The second kappa shape index (κ2) is 8.88. The van der Waals surface area contributed by atoms with Crippen molar-refractivity contribution in [2.24, 2.45) is 5.92 Å². The predicted octanol–water partition coefficient (Wildman–Crippen LogP) is 4.29. The molecule has 160 valence electrons. The van der Waals surface area contributed by atoms with Gasteiger partial charge in [-0.3, -0.25) is 0 Å². The first-order chi connectivity index (χ1) is 13.8. The average molecular weight is 403 g/mol. The van der Waals surface area contributed by atoms with Gasteiger partial charge in [0, 0.05) is 17.4 Å². The predicted molar refractivity (Wildman–Crippen MR) is 112 cm³/mol. The van der Waals surface area contributed by atoms with E-state index >= 15 is 0 Å². The van der Waals surface area contributed by atoms with Crippen LogP contribution in [0.4, 0.5) is 0 Å². The first kappa shape index (κ1) is 21.8. The minimum absolute atomic E-state index is 0.0984. The van der Waals surface area contributed by atoms with Crippen LogP contribution in [0.3, 0.4) is 0 Å². The van der Waals surface area contributed by atoms with E-state index in [4.69, 9.17) is 14.6 Å². The summed E-state index contributed by atoms with van der Waals surface area (Å²) >= 11 is 0. The quantitative estimate of drug-likeness (QED) is 0.308. The van der Waals surface area contributed by atoms with E-state index in [1.807, 2.05) is 6.07 Å². The summed E-state index contributed by atoms with van der Waals surface area (Å²) in [5, 5.41) is 18.8. The monoisotopic (exact) mass is 402 g/mol. The van der Waals surface area contributed by atoms with E-state index in [9.17, 15) is 9.90 Å². The molecule has 0 saturated heterocycles. The van der Waals surface area contributed by atoms with Crippen molar-refractivity contribution in [1.29, 1.82) is 0 Å². The van der Waals surface area contributed by atoms with Crippen molar-refractivity contribution in [3.8, 4) is 11.5 Å². The van der Waals surface area contributed by atoms with E-state index in [1.165, 1.54) is 5.57 Å². The molecule has 2 aliphatic rings. The molecule has 5 heteroatoms.